The Morgan fingerprint density at radius 3 is 2.55 bits per heavy atom. The van der Waals surface area contributed by atoms with Gasteiger partial charge in [0.25, 0.3) is 11.8 Å². The largest absolute Gasteiger partial charge is 0.383 e. The summed E-state index contributed by atoms with van der Waals surface area (Å²) in [4.78, 5) is 24.0. The molecule has 1 aromatic rings. The molecular formula is C15H19N2O5. The molecule has 5 N–H and O–H groups in total. The predicted octanol–water partition coefficient (Wildman–Crippen LogP) is -1.23. The molecule has 1 radical (unpaired) electrons. The predicted molar refractivity (Wildman–Crippen MR) is 76.6 cm³/mol. The van der Waals surface area contributed by atoms with Crippen LogP contribution in [-0.2, 0) is 16.0 Å². The van der Waals surface area contributed by atoms with Crippen LogP contribution in [0.15, 0.2) is 30.3 Å². The zero-order chi connectivity index (χ0) is 16.3. The van der Waals surface area contributed by atoms with Crippen molar-refractivity contribution in [3.8, 4) is 0 Å². The van der Waals surface area contributed by atoms with E-state index in [-0.39, 0.29) is 13.0 Å². The summed E-state index contributed by atoms with van der Waals surface area (Å²) in [7, 11) is 0. The van der Waals surface area contributed by atoms with Crippen molar-refractivity contribution in [2.24, 2.45) is 11.7 Å². The number of carbonyl (C=O) groups excluding carboxylic acids is 2. The van der Waals surface area contributed by atoms with Crippen LogP contribution in [0.25, 0.3) is 0 Å². The first-order valence-electron chi connectivity index (χ1n) is 6.95. The SMILES string of the molecule is NC(=O)C1CCN(C(=O)[C@H](O)[CH]Cc2ccccc2)C1(O)O. The number of aliphatic hydroxyl groups excluding tert-OH is 1. The van der Waals surface area contributed by atoms with E-state index < -0.39 is 29.7 Å². The third kappa shape index (κ3) is 3.27. The molecule has 2 rings (SSSR count). The fourth-order valence-corrected chi connectivity index (χ4v) is 2.53. The summed E-state index contributed by atoms with van der Waals surface area (Å²) in [5.74, 6) is -5.70. The maximum absolute atomic E-state index is 12.1. The Balaban J connectivity index is 1.97. The number of nitrogens with two attached hydrogens (primary N) is 1. The lowest BCUT2D eigenvalue weighted by atomic mass is 10.0. The second-order valence-corrected chi connectivity index (χ2v) is 5.29. The zero-order valence-electron chi connectivity index (χ0n) is 11.9. The lowest BCUT2D eigenvalue weighted by Gasteiger charge is -2.32. The average molecular weight is 307 g/mol. The van der Waals surface area contributed by atoms with Crippen LogP contribution in [0.5, 0.6) is 0 Å². The Morgan fingerprint density at radius 2 is 2.00 bits per heavy atom. The Bertz CT molecular complexity index is 546. The van der Waals surface area contributed by atoms with Gasteiger partial charge in [-0.3, -0.25) is 14.5 Å². The molecule has 7 nitrogen and oxygen atoms in total. The molecular weight excluding hydrogens is 288 g/mol. The number of carbonyl (C=O) groups is 2. The highest BCUT2D eigenvalue weighted by atomic mass is 16.5. The van der Waals surface area contributed by atoms with Crippen LogP contribution in [0.2, 0.25) is 0 Å². The molecule has 0 aliphatic carbocycles. The zero-order valence-corrected chi connectivity index (χ0v) is 11.9. The van der Waals surface area contributed by atoms with Crippen LogP contribution < -0.4 is 5.73 Å². The van der Waals surface area contributed by atoms with Crippen molar-refractivity contribution in [1.82, 2.24) is 4.90 Å². The Morgan fingerprint density at radius 1 is 1.36 bits per heavy atom. The number of nitrogens with zero attached hydrogens (tertiary/aromatic N) is 1. The van der Waals surface area contributed by atoms with Gasteiger partial charge in [0, 0.05) is 13.0 Å². The van der Waals surface area contributed by atoms with Gasteiger partial charge in [-0.05, 0) is 18.4 Å². The van der Waals surface area contributed by atoms with Gasteiger partial charge in [0.1, 0.15) is 12.0 Å². The van der Waals surface area contributed by atoms with E-state index in [1.165, 1.54) is 6.42 Å². The van der Waals surface area contributed by atoms with Crippen molar-refractivity contribution in [3.05, 3.63) is 42.3 Å². The topological polar surface area (TPSA) is 124 Å². The van der Waals surface area contributed by atoms with Gasteiger partial charge in [0.15, 0.2) is 0 Å². The van der Waals surface area contributed by atoms with Gasteiger partial charge in [-0.1, -0.05) is 30.3 Å². The molecule has 1 unspecified atom stereocenters. The second kappa shape index (κ2) is 6.43. The van der Waals surface area contributed by atoms with Crippen LogP contribution in [-0.4, -0.2) is 50.6 Å². The molecule has 1 fully saturated rings. The maximum Gasteiger partial charge on any atom is 0.261 e. The van der Waals surface area contributed by atoms with E-state index in [0.29, 0.717) is 11.3 Å². The fraction of sp³-hybridized carbons (Fsp3) is 0.400. The monoisotopic (exact) mass is 307 g/mol. The molecule has 7 heteroatoms. The lowest BCUT2D eigenvalue weighted by molar-refractivity contribution is -0.260. The van der Waals surface area contributed by atoms with Crippen molar-refractivity contribution >= 4 is 11.8 Å². The maximum atomic E-state index is 12.1. The van der Waals surface area contributed by atoms with Gasteiger partial charge in [-0.2, -0.15) is 0 Å². The van der Waals surface area contributed by atoms with Gasteiger partial charge < -0.3 is 21.1 Å². The molecule has 0 aromatic heterocycles. The number of hydrogen-bond acceptors (Lipinski definition) is 5. The second-order valence-electron chi connectivity index (χ2n) is 5.29. The van der Waals surface area contributed by atoms with E-state index in [2.05, 4.69) is 0 Å². The summed E-state index contributed by atoms with van der Waals surface area (Å²) in [6.45, 7) is -0.0598. The first-order chi connectivity index (χ1) is 10.3. The molecule has 1 heterocycles. The highest BCUT2D eigenvalue weighted by Crippen LogP contribution is 2.31. The van der Waals surface area contributed by atoms with E-state index in [0.717, 1.165) is 5.56 Å². The minimum Gasteiger partial charge on any atom is -0.383 e. The van der Waals surface area contributed by atoms with Crippen LogP contribution in [0.4, 0.5) is 0 Å². The van der Waals surface area contributed by atoms with Gasteiger partial charge in [0.2, 0.25) is 5.91 Å². The fourth-order valence-electron chi connectivity index (χ4n) is 2.53. The average Bonchev–Trinajstić information content (AvgIpc) is 2.80. The number of primary amides is 1. The van der Waals surface area contributed by atoms with Gasteiger partial charge in [0.05, 0.1) is 0 Å². The minimum atomic E-state index is -2.66. The number of benzene rings is 1. The van der Waals surface area contributed by atoms with Crippen LogP contribution in [0.1, 0.15) is 12.0 Å². The van der Waals surface area contributed by atoms with Crippen molar-refractivity contribution in [2.75, 3.05) is 6.54 Å². The summed E-state index contributed by atoms with van der Waals surface area (Å²) in [5, 5.41) is 29.8. The molecule has 1 saturated heterocycles. The van der Waals surface area contributed by atoms with Gasteiger partial charge >= 0.3 is 0 Å². The van der Waals surface area contributed by atoms with Crippen molar-refractivity contribution < 1.29 is 24.9 Å². The third-order valence-electron chi connectivity index (χ3n) is 3.79. The van der Waals surface area contributed by atoms with Crippen LogP contribution in [0, 0.1) is 12.3 Å². The van der Waals surface area contributed by atoms with Crippen LogP contribution in [0.3, 0.4) is 0 Å². The molecule has 0 spiro atoms. The first-order valence-corrected chi connectivity index (χ1v) is 6.95. The lowest BCUT2D eigenvalue weighted by Crippen LogP contribution is -2.56. The van der Waals surface area contributed by atoms with Crippen molar-refractivity contribution in [3.63, 3.8) is 0 Å². The number of aliphatic hydroxyl groups is 3. The normalized spacial score (nSPS) is 21.6. The number of hydrogen-bond donors (Lipinski definition) is 4. The number of rotatable bonds is 5. The molecule has 0 saturated carbocycles. The smallest absolute Gasteiger partial charge is 0.261 e. The Kier molecular flexibility index (Phi) is 4.80. The standard InChI is InChI=1S/C15H19N2O5/c16-13(19)11-8-9-17(15(11,21)22)14(20)12(18)7-6-10-4-2-1-3-5-10/h1-5,7,11-12,18,21-22H,6,8-9H2,(H2,16,19)/t11?,12-/m1/s1. The van der Waals surface area contributed by atoms with E-state index in [1.807, 2.05) is 30.3 Å². The molecule has 1 aliphatic rings. The summed E-state index contributed by atoms with van der Waals surface area (Å²) >= 11 is 0. The number of likely N-dealkylation sites (tertiary alicyclic amines) is 1. The summed E-state index contributed by atoms with van der Waals surface area (Å²) in [6.07, 6.45) is 0.265. The van der Waals surface area contributed by atoms with Crippen LogP contribution >= 0.6 is 0 Å². The molecule has 1 aromatic carbocycles. The molecule has 119 valence electrons. The van der Waals surface area contributed by atoms with Crippen molar-refractivity contribution in [2.45, 2.75) is 24.9 Å². The van der Waals surface area contributed by atoms with Gasteiger partial charge in [-0.25, -0.2) is 0 Å². The summed E-state index contributed by atoms with van der Waals surface area (Å²) in [6, 6.07) is 9.21. The highest BCUT2D eigenvalue weighted by Gasteiger charge is 2.52. The molecule has 22 heavy (non-hydrogen) atoms. The van der Waals surface area contributed by atoms with E-state index >= 15 is 0 Å². The Hall–Kier alpha value is -1.96. The number of amides is 2. The van der Waals surface area contributed by atoms with E-state index in [1.54, 1.807) is 0 Å². The Labute approximate surface area is 128 Å². The van der Waals surface area contributed by atoms with E-state index in [4.69, 9.17) is 5.73 Å². The summed E-state index contributed by atoms with van der Waals surface area (Å²) in [5.41, 5.74) is 5.99. The van der Waals surface area contributed by atoms with E-state index in [9.17, 15) is 24.9 Å². The molecule has 1 aliphatic heterocycles. The third-order valence-corrected chi connectivity index (χ3v) is 3.79. The quantitative estimate of drug-likeness (QED) is 0.507. The van der Waals surface area contributed by atoms with Gasteiger partial charge in [-0.15, -0.1) is 0 Å². The first kappa shape index (κ1) is 16.4. The molecule has 2 amide bonds. The molecule has 0 bridgehead atoms. The highest BCUT2D eigenvalue weighted by molar-refractivity contribution is 5.85. The summed E-state index contributed by atoms with van der Waals surface area (Å²) < 4.78 is 0. The minimum absolute atomic E-state index is 0.0411. The van der Waals surface area contributed by atoms with Crippen molar-refractivity contribution in [1.29, 1.82) is 0 Å². The molecule has 2 atom stereocenters.